The van der Waals surface area contributed by atoms with E-state index in [4.69, 9.17) is 4.74 Å². The second-order valence-corrected chi connectivity index (χ2v) is 11.8. The Morgan fingerprint density at radius 1 is 1.00 bits per heavy atom. The first-order valence-corrected chi connectivity index (χ1v) is 13.9. The van der Waals surface area contributed by atoms with Gasteiger partial charge in [-0.05, 0) is 42.4 Å². The standard InChI is InChI=1S/C27H33N7O3S/c1-32(2)38(35,36)22-11-7-20(8-12-22)23-17-28-25-24(23)26(37-4)31-27(30-25)29-21-9-5-19(6-10-21)18-34-15-13-33(3)14-16-34/h5-12,17H,13-16,18H2,1-4H3,(H2,28,29,30,31). The summed E-state index contributed by atoms with van der Waals surface area (Å²) < 4.78 is 31.7. The number of piperazine rings is 1. The van der Waals surface area contributed by atoms with Crippen LogP contribution in [-0.4, -0.2) is 91.9 Å². The lowest BCUT2D eigenvalue weighted by Gasteiger charge is -2.32. The molecule has 3 heterocycles. The van der Waals surface area contributed by atoms with E-state index in [-0.39, 0.29) is 4.90 Å². The van der Waals surface area contributed by atoms with Crippen molar-refractivity contribution in [1.29, 1.82) is 0 Å². The number of likely N-dealkylation sites (N-methyl/N-ethyl adjacent to an activating group) is 1. The van der Waals surface area contributed by atoms with E-state index in [1.54, 1.807) is 31.4 Å². The summed E-state index contributed by atoms with van der Waals surface area (Å²) in [6.07, 6.45) is 1.83. The van der Waals surface area contributed by atoms with Gasteiger partial charge in [0, 0.05) is 64.3 Å². The maximum absolute atomic E-state index is 12.4. The number of H-pyrrole nitrogens is 1. The molecule has 0 spiro atoms. The van der Waals surface area contributed by atoms with Crippen LogP contribution >= 0.6 is 0 Å². The first-order valence-electron chi connectivity index (χ1n) is 12.5. The van der Waals surface area contributed by atoms with Crippen molar-refractivity contribution in [3.63, 3.8) is 0 Å². The van der Waals surface area contributed by atoms with Gasteiger partial charge in [0.25, 0.3) is 0 Å². The molecule has 1 fully saturated rings. The fraction of sp³-hybridized carbons (Fsp3) is 0.333. The van der Waals surface area contributed by atoms with Gasteiger partial charge in [0.05, 0.1) is 17.4 Å². The summed E-state index contributed by atoms with van der Waals surface area (Å²) in [5, 5.41) is 4.00. The van der Waals surface area contributed by atoms with Gasteiger partial charge in [0.1, 0.15) is 5.65 Å². The number of anilines is 2. The summed E-state index contributed by atoms with van der Waals surface area (Å²) in [4.78, 5) is 17.5. The van der Waals surface area contributed by atoms with Crippen molar-refractivity contribution in [2.75, 3.05) is 59.7 Å². The summed E-state index contributed by atoms with van der Waals surface area (Å²) >= 11 is 0. The van der Waals surface area contributed by atoms with Crippen molar-refractivity contribution in [2.45, 2.75) is 11.4 Å². The number of aromatic nitrogens is 3. The fourth-order valence-corrected chi connectivity index (χ4v) is 5.44. The lowest BCUT2D eigenvalue weighted by atomic mass is 10.1. The Labute approximate surface area is 223 Å². The first-order chi connectivity index (χ1) is 18.2. The minimum Gasteiger partial charge on any atom is -0.480 e. The molecule has 0 unspecified atom stereocenters. The summed E-state index contributed by atoms with van der Waals surface area (Å²) in [7, 11) is 3.26. The van der Waals surface area contributed by atoms with E-state index in [0.717, 1.165) is 54.9 Å². The molecule has 0 aliphatic carbocycles. The van der Waals surface area contributed by atoms with Crippen LogP contribution in [0, 0.1) is 0 Å². The van der Waals surface area contributed by atoms with Gasteiger partial charge in [-0.3, -0.25) is 4.90 Å². The molecule has 38 heavy (non-hydrogen) atoms. The molecule has 1 saturated heterocycles. The number of ether oxygens (including phenoxy) is 1. The number of benzene rings is 2. The first kappa shape index (κ1) is 26.1. The number of nitrogens with one attached hydrogen (secondary N) is 2. The predicted molar refractivity (Wildman–Crippen MR) is 149 cm³/mol. The summed E-state index contributed by atoms with van der Waals surface area (Å²) in [5.74, 6) is 0.840. The molecule has 1 aliphatic heterocycles. The zero-order valence-corrected chi connectivity index (χ0v) is 22.9. The zero-order valence-electron chi connectivity index (χ0n) is 22.1. The van der Waals surface area contributed by atoms with E-state index in [0.29, 0.717) is 17.5 Å². The van der Waals surface area contributed by atoms with E-state index in [2.05, 4.69) is 49.2 Å². The highest BCUT2D eigenvalue weighted by Gasteiger charge is 2.19. The van der Waals surface area contributed by atoms with Crippen LogP contribution in [0.15, 0.2) is 59.6 Å². The van der Waals surface area contributed by atoms with Gasteiger partial charge in [0.15, 0.2) is 0 Å². The van der Waals surface area contributed by atoms with Crippen molar-refractivity contribution < 1.29 is 13.2 Å². The smallest absolute Gasteiger partial charge is 0.242 e. The van der Waals surface area contributed by atoms with Crippen molar-refractivity contribution in [3.05, 3.63) is 60.3 Å². The maximum Gasteiger partial charge on any atom is 0.242 e. The quantitative estimate of drug-likeness (QED) is 0.354. The second-order valence-electron chi connectivity index (χ2n) is 9.70. The fourth-order valence-electron chi connectivity index (χ4n) is 4.54. The number of hydrogen-bond acceptors (Lipinski definition) is 8. The molecule has 10 nitrogen and oxygen atoms in total. The predicted octanol–water partition coefficient (Wildman–Crippen LogP) is 3.37. The van der Waals surface area contributed by atoms with Crippen molar-refractivity contribution in [1.82, 2.24) is 29.1 Å². The van der Waals surface area contributed by atoms with E-state index in [9.17, 15) is 8.42 Å². The van der Waals surface area contributed by atoms with Crippen molar-refractivity contribution in [2.24, 2.45) is 0 Å². The number of methoxy groups -OCH3 is 1. The molecule has 0 atom stereocenters. The van der Waals surface area contributed by atoms with Crippen LogP contribution in [0.5, 0.6) is 5.88 Å². The van der Waals surface area contributed by atoms with Gasteiger partial charge in [-0.1, -0.05) is 24.3 Å². The molecule has 2 aromatic heterocycles. The van der Waals surface area contributed by atoms with Gasteiger partial charge in [-0.25, -0.2) is 12.7 Å². The van der Waals surface area contributed by atoms with Crippen molar-refractivity contribution >= 4 is 32.7 Å². The zero-order chi connectivity index (χ0) is 26.9. The van der Waals surface area contributed by atoms with E-state index in [1.165, 1.54) is 24.0 Å². The molecule has 200 valence electrons. The van der Waals surface area contributed by atoms with Gasteiger partial charge >= 0.3 is 0 Å². The minimum atomic E-state index is -3.50. The third-order valence-corrected chi connectivity index (χ3v) is 8.68. The maximum atomic E-state index is 12.4. The van der Waals surface area contributed by atoms with E-state index >= 15 is 0 Å². The van der Waals surface area contributed by atoms with Gasteiger partial charge in [-0.2, -0.15) is 9.97 Å². The minimum absolute atomic E-state index is 0.232. The van der Waals surface area contributed by atoms with E-state index in [1.807, 2.05) is 18.3 Å². The van der Waals surface area contributed by atoms with Crippen LogP contribution in [-0.2, 0) is 16.6 Å². The molecule has 11 heteroatoms. The topological polar surface area (TPSA) is 107 Å². The van der Waals surface area contributed by atoms with Gasteiger partial charge in [-0.15, -0.1) is 0 Å². The van der Waals surface area contributed by atoms with E-state index < -0.39 is 10.0 Å². The lowest BCUT2D eigenvalue weighted by Crippen LogP contribution is -2.43. The third kappa shape index (κ3) is 5.37. The van der Waals surface area contributed by atoms with Crippen LogP contribution in [0.3, 0.4) is 0 Å². The molecule has 5 rings (SSSR count). The Hall–Kier alpha value is -3.51. The molecule has 4 aromatic rings. The lowest BCUT2D eigenvalue weighted by molar-refractivity contribution is 0.148. The summed E-state index contributed by atoms with van der Waals surface area (Å²) in [5.41, 5.74) is 4.43. The van der Waals surface area contributed by atoms with Crippen LogP contribution in [0.2, 0.25) is 0 Å². The Morgan fingerprint density at radius 3 is 2.32 bits per heavy atom. The number of nitrogens with zero attached hydrogens (tertiary/aromatic N) is 5. The molecular weight excluding hydrogens is 502 g/mol. The highest BCUT2D eigenvalue weighted by Crippen LogP contribution is 2.35. The highest BCUT2D eigenvalue weighted by atomic mass is 32.2. The molecular formula is C27H33N7O3S. The molecule has 0 bridgehead atoms. The summed E-state index contributed by atoms with van der Waals surface area (Å²) in [6, 6.07) is 15.1. The molecule has 2 N–H and O–H groups in total. The summed E-state index contributed by atoms with van der Waals surface area (Å²) in [6.45, 7) is 5.32. The van der Waals surface area contributed by atoms with Gasteiger partial charge in [0.2, 0.25) is 21.9 Å². The van der Waals surface area contributed by atoms with Crippen LogP contribution in [0.4, 0.5) is 11.6 Å². The number of hydrogen-bond donors (Lipinski definition) is 2. The Kier molecular flexibility index (Phi) is 7.35. The molecule has 0 saturated carbocycles. The van der Waals surface area contributed by atoms with Crippen LogP contribution < -0.4 is 10.1 Å². The highest BCUT2D eigenvalue weighted by molar-refractivity contribution is 7.89. The SMILES string of the molecule is COc1nc(Nc2ccc(CN3CCN(C)CC3)cc2)nc2[nH]cc(-c3ccc(S(=O)(=O)N(C)C)cc3)c12. The Bertz CT molecular complexity index is 1510. The number of aromatic amines is 1. The van der Waals surface area contributed by atoms with Crippen LogP contribution in [0.25, 0.3) is 22.2 Å². The average Bonchev–Trinajstić information content (AvgIpc) is 3.35. The number of fused-ring (bicyclic) bond motifs is 1. The Morgan fingerprint density at radius 2 is 1.68 bits per heavy atom. The van der Waals surface area contributed by atoms with Crippen LogP contribution in [0.1, 0.15) is 5.56 Å². The Balaban J connectivity index is 1.35. The molecule has 0 amide bonds. The normalized spacial score (nSPS) is 15.3. The largest absolute Gasteiger partial charge is 0.480 e. The van der Waals surface area contributed by atoms with Crippen molar-refractivity contribution in [3.8, 4) is 17.0 Å². The number of rotatable bonds is 8. The van der Waals surface area contributed by atoms with Gasteiger partial charge < -0.3 is 19.9 Å². The molecule has 1 aliphatic rings. The monoisotopic (exact) mass is 535 g/mol. The average molecular weight is 536 g/mol. The molecule has 2 aromatic carbocycles. The number of sulfonamides is 1. The second kappa shape index (κ2) is 10.7. The molecule has 0 radical (unpaired) electrons. The third-order valence-electron chi connectivity index (χ3n) is 6.85.